The van der Waals surface area contributed by atoms with E-state index in [9.17, 15) is 4.79 Å². The Morgan fingerprint density at radius 1 is 0.923 bits per heavy atom. The van der Waals surface area contributed by atoms with Gasteiger partial charge >= 0.3 is 0 Å². The minimum Gasteiger partial charge on any atom is -0.300 e. The van der Waals surface area contributed by atoms with Gasteiger partial charge < -0.3 is 0 Å². The average Bonchev–Trinajstić information content (AvgIpc) is 1.82. The molecule has 1 fully saturated rings. The summed E-state index contributed by atoms with van der Waals surface area (Å²) in [6.45, 7) is 12.7. The zero-order chi connectivity index (χ0) is 10.7. The highest BCUT2D eigenvalue weighted by molar-refractivity contribution is 5.80. The van der Waals surface area contributed by atoms with Crippen LogP contribution in [0.4, 0.5) is 0 Å². The average molecular weight is 184 g/mol. The highest BCUT2D eigenvalue weighted by atomic mass is 16.1. The van der Waals surface area contributed by atoms with E-state index in [0.29, 0.717) is 5.78 Å². The topological polar surface area (TPSA) is 17.1 Å². The third-order valence-electron chi connectivity index (χ3n) is 2.31. The molecular weight excluding hydrogens is 160 g/mol. The summed E-state index contributed by atoms with van der Waals surface area (Å²) in [5.41, 5.74) is 0.470. The van der Waals surface area contributed by atoms with E-state index in [1.807, 2.05) is 13.8 Å². The van der Waals surface area contributed by atoms with Crippen molar-refractivity contribution in [1.29, 1.82) is 0 Å². The molecule has 1 nitrogen and oxygen atoms in total. The van der Waals surface area contributed by atoms with E-state index in [1.165, 1.54) is 6.42 Å². The number of hydrogen-bond acceptors (Lipinski definition) is 1. The van der Waals surface area contributed by atoms with Crippen LogP contribution in [-0.4, -0.2) is 5.78 Å². The third-order valence-corrected chi connectivity index (χ3v) is 2.31. The van der Waals surface area contributed by atoms with E-state index in [2.05, 4.69) is 27.7 Å². The Hall–Kier alpha value is -0.330. The zero-order valence-corrected chi connectivity index (χ0v) is 10.0. The van der Waals surface area contributed by atoms with Crippen molar-refractivity contribution in [3.63, 3.8) is 0 Å². The Labute approximate surface area is 82.9 Å². The molecule has 78 valence electrons. The lowest BCUT2D eigenvalue weighted by Crippen LogP contribution is -2.33. The van der Waals surface area contributed by atoms with Crippen molar-refractivity contribution in [3.05, 3.63) is 0 Å². The van der Waals surface area contributed by atoms with Crippen LogP contribution in [0.25, 0.3) is 0 Å². The van der Waals surface area contributed by atoms with Crippen molar-refractivity contribution >= 4 is 5.78 Å². The predicted octanol–water partition coefficient (Wildman–Crippen LogP) is 3.82. The molecule has 0 aliphatic heterocycles. The molecule has 1 aliphatic carbocycles. The van der Waals surface area contributed by atoms with Gasteiger partial charge in [-0.15, -0.1) is 0 Å². The van der Waals surface area contributed by atoms with Crippen LogP contribution in [0.1, 0.15) is 60.8 Å². The van der Waals surface area contributed by atoms with Crippen molar-refractivity contribution in [2.45, 2.75) is 60.8 Å². The van der Waals surface area contributed by atoms with Crippen molar-refractivity contribution < 1.29 is 4.79 Å². The second-order valence-electron chi connectivity index (χ2n) is 5.40. The van der Waals surface area contributed by atoms with Crippen LogP contribution < -0.4 is 0 Å². The normalized spacial score (nSPS) is 24.6. The van der Waals surface area contributed by atoms with Crippen LogP contribution >= 0.6 is 0 Å². The summed E-state index contributed by atoms with van der Waals surface area (Å²) in [7, 11) is 0. The standard InChI is InChI=1S/C10H18O.C2H6/c1-9(2)5-8(11)6-10(3,4)7-9;1-2/h5-7H2,1-4H3;1-2H3. The molecule has 1 saturated carbocycles. The Morgan fingerprint density at radius 3 is 1.46 bits per heavy atom. The molecule has 0 radical (unpaired) electrons. The number of rotatable bonds is 0. The van der Waals surface area contributed by atoms with Crippen molar-refractivity contribution in [3.8, 4) is 0 Å². The summed E-state index contributed by atoms with van der Waals surface area (Å²) < 4.78 is 0. The van der Waals surface area contributed by atoms with Gasteiger partial charge in [0.2, 0.25) is 0 Å². The predicted molar refractivity (Wildman–Crippen MR) is 57.8 cm³/mol. The first-order chi connectivity index (χ1) is 5.81. The molecule has 0 saturated heterocycles. The number of carbonyl (C=O) groups is 1. The highest BCUT2D eigenvalue weighted by Crippen LogP contribution is 2.43. The van der Waals surface area contributed by atoms with Gasteiger partial charge in [0.05, 0.1) is 0 Å². The maximum atomic E-state index is 11.3. The molecule has 1 heteroatoms. The maximum absolute atomic E-state index is 11.3. The number of hydrogen-bond donors (Lipinski definition) is 0. The van der Waals surface area contributed by atoms with E-state index in [0.717, 1.165) is 12.8 Å². The van der Waals surface area contributed by atoms with Crippen LogP contribution in [-0.2, 0) is 4.79 Å². The molecule has 0 spiro atoms. The molecule has 0 amide bonds. The minimum absolute atomic E-state index is 0.235. The molecule has 0 atom stereocenters. The summed E-state index contributed by atoms with van der Waals surface area (Å²) in [5, 5.41) is 0. The lowest BCUT2D eigenvalue weighted by Gasteiger charge is -2.39. The molecule has 0 heterocycles. The van der Waals surface area contributed by atoms with Gasteiger partial charge in [-0.05, 0) is 17.3 Å². The first kappa shape index (κ1) is 12.7. The van der Waals surface area contributed by atoms with E-state index in [-0.39, 0.29) is 10.8 Å². The van der Waals surface area contributed by atoms with Gasteiger partial charge in [0.15, 0.2) is 0 Å². The van der Waals surface area contributed by atoms with Crippen LogP contribution in [0.5, 0.6) is 0 Å². The summed E-state index contributed by atoms with van der Waals surface area (Å²) >= 11 is 0. The number of Topliss-reactive ketones (excluding diaryl/α,β-unsaturated/α-hetero) is 1. The van der Waals surface area contributed by atoms with Gasteiger partial charge in [-0.25, -0.2) is 0 Å². The van der Waals surface area contributed by atoms with E-state index >= 15 is 0 Å². The molecule has 0 N–H and O–H groups in total. The Bertz CT molecular complexity index is 160. The lowest BCUT2D eigenvalue weighted by molar-refractivity contribution is -0.127. The van der Waals surface area contributed by atoms with E-state index in [1.54, 1.807) is 0 Å². The lowest BCUT2D eigenvalue weighted by atomic mass is 9.65. The monoisotopic (exact) mass is 184 g/mol. The number of ketones is 1. The SMILES string of the molecule is CC.CC1(C)CC(=O)CC(C)(C)C1. The summed E-state index contributed by atoms with van der Waals surface area (Å²) in [6.07, 6.45) is 2.72. The molecule has 0 aromatic rings. The minimum atomic E-state index is 0.235. The maximum Gasteiger partial charge on any atom is 0.133 e. The molecular formula is C12H24O. The fraction of sp³-hybridized carbons (Fsp3) is 0.917. The number of carbonyl (C=O) groups excluding carboxylic acids is 1. The van der Waals surface area contributed by atoms with Gasteiger partial charge in [0.25, 0.3) is 0 Å². The van der Waals surface area contributed by atoms with Gasteiger partial charge in [0.1, 0.15) is 5.78 Å². The quantitative estimate of drug-likeness (QED) is 0.559. The molecule has 1 rings (SSSR count). The second kappa shape index (κ2) is 4.26. The van der Waals surface area contributed by atoms with Crippen molar-refractivity contribution in [2.75, 3.05) is 0 Å². The molecule has 0 unspecified atom stereocenters. The third kappa shape index (κ3) is 4.44. The van der Waals surface area contributed by atoms with Crippen molar-refractivity contribution in [2.24, 2.45) is 10.8 Å². The highest BCUT2D eigenvalue weighted by Gasteiger charge is 2.37. The molecule has 0 aromatic carbocycles. The van der Waals surface area contributed by atoms with Crippen LogP contribution in [0, 0.1) is 10.8 Å². The van der Waals surface area contributed by atoms with Crippen LogP contribution in [0.3, 0.4) is 0 Å². The molecule has 0 aromatic heterocycles. The first-order valence-electron chi connectivity index (χ1n) is 5.33. The zero-order valence-electron chi connectivity index (χ0n) is 10.0. The second-order valence-corrected chi connectivity index (χ2v) is 5.40. The van der Waals surface area contributed by atoms with Gasteiger partial charge in [-0.2, -0.15) is 0 Å². The van der Waals surface area contributed by atoms with Gasteiger partial charge in [-0.1, -0.05) is 41.5 Å². The summed E-state index contributed by atoms with van der Waals surface area (Å²) in [5.74, 6) is 0.436. The van der Waals surface area contributed by atoms with Crippen molar-refractivity contribution in [1.82, 2.24) is 0 Å². The smallest absolute Gasteiger partial charge is 0.133 e. The fourth-order valence-electron chi connectivity index (χ4n) is 2.55. The summed E-state index contributed by atoms with van der Waals surface area (Å²) in [6, 6.07) is 0. The Kier molecular flexibility index (Phi) is 4.15. The van der Waals surface area contributed by atoms with Gasteiger partial charge in [-0.3, -0.25) is 4.79 Å². The van der Waals surface area contributed by atoms with Crippen LogP contribution in [0.2, 0.25) is 0 Å². The molecule has 13 heavy (non-hydrogen) atoms. The molecule has 1 aliphatic rings. The van der Waals surface area contributed by atoms with Crippen LogP contribution in [0.15, 0.2) is 0 Å². The van der Waals surface area contributed by atoms with Gasteiger partial charge in [0, 0.05) is 12.8 Å². The largest absolute Gasteiger partial charge is 0.300 e. The fourth-order valence-corrected chi connectivity index (χ4v) is 2.55. The Balaban J connectivity index is 0.000000671. The Morgan fingerprint density at radius 2 is 1.23 bits per heavy atom. The first-order valence-corrected chi connectivity index (χ1v) is 5.33. The summed E-state index contributed by atoms with van der Waals surface area (Å²) in [4.78, 5) is 11.3. The molecule has 0 bridgehead atoms. The van der Waals surface area contributed by atoms with E-state index in [4.69, 9.17) is 0 Å². The van der Waals surface area contributed by atoms with E-state index < -0.39 is 0 Å².